The summed E-state index contributed by atoms with van der Waals surface area (Å²) in [5, 5.41) is 4.98. The fourth-order valence-corrected chi connectivity index (χ4v) is 5.26. The van der Waals surface area contributed by atoms with Crippen molar-refractivity contribution >= 4 is 22.9 Å². The maximum absolute atomic E-state index is 14.5. The number of anilines is 1. The highest BCUT2D eigenvalue weighted by Crippen LogP contribution is 2.24. The number of ether oxygens (including phenoxy) is 1. The monoisotopic (exact) mass is 539 g/mol. The summed E-state index contributed by atoms with van der Waals surface area (Å²) in [7, 11) is 0. The summed E-state index contributed by atoms with van der Waals surface area (Å²) < 4.78 is 22.5. The summed E-state index contributed by atoms with van der Waals surface area (Å²) in [6.07, 6.45) is 17.3. The minimum Gasteiger partial charge on any atom is -0.490 e. The first-order chi connectivity index (χ1) is 18.7. The zero-order chi connectivity index (χ0) is 26.8. The molecule has 0 bridgehead atoms. The van der Waals surface area contributed by atoms with Crippen LogP contribution in [-0.2, 0) is 17.8 Å². The highest BCUT2D eigenvalue weighted by atomic mass is 32.1. The van der Waals surface area contributed by atoms with E-state index in [1.54, 1.807) is 23.5 Å². The summed E-state index contributed by atoms with van der Waals surface area (Å²) in [5.41, 5.74) is 4.46. The van der Waals surface area contributed by atoms with E-state index in [2.05, 4.69) is 16.8 Å². The van der Waals surface area contributed by atoms with Gasteiger partial charge in [-0.15, -0.1) is 0 Å². The average Bonchev–Trinajstić information content (AvgIpc) is 3.41. The highest BCUT2D eigenvalue weighted by Gasteiger charge is 2.14. The Morgan fingerprint density at radius 2 is 1.61 bits per heavy atom. The number of rotatable bonds is 19. The molecule has 0 aliphatic heterocycles. The molecule has 0 aliphatic carbocycles. The molecule has 0 atom stereocenters. The maximum Gasteiger partial charge on any atom is 0.228 e. The second kappa shape index (κ2) is 17.7. The van der Waals surface area contributed by atoms with Gasteiger partial charge in [-0.2, -0.15) is 4.57 Å². The Balaban J connectivity index is 1.36. The average molecular weight is 540 g/mol. The molecule has 4 nitrogen and oxygen atoms in total. The molecule has 1 aromatic heterocycles. The van der Waals surface area contributed by atoms with Crippen LogP contribution >= 0.6 is 11.3 Å². The van der Waals surface area contributed by atoms with Crippen LogP contribution in [0.1, 0.15) is 95.1 Å². The Labute approximate surface area is 232 Å². The Kier molecular flexibility index (Phi) is 13.9. The van der Waals surface area contributed by atoms with Crippen molar-refractivity contribution in [3.05, 3.63) is 76.5 Å². The molecule has 0 radical (unpaired) electrons. The van der Waals surface area contributed by atoms with Gasteiger partial charge in [-0.1, -0.05) is 113 Å². The van der Waals surface area contributed by atoms with Gasteiger partial charge in [0.2, 0.25) is 11.4 Å². The standard InChI is InChI=1S/C32H43FN2O2S/c1-2-3-4-5-6-7-8-9-10-11-12-13-21-37-32-28(17-15-19-30(32)33)24-31(36)34-29-18-14-16-27(23-29)25-35-20-22-38-26-35/h14-20,22-23,26H,2-13,21,24-25H2,1H3/p+1. The van der Waals surface area contributed by atoms with Gasteiger partial charge in [0.05, 0.1) is 18.4 Å². The van der Waals surface area contributed by atoms with Gasteiger partial charge < -0.3 is 10.1 Å². The molecule has 2 aromatic carbocycles. The molecule has 3 aromatic rings. The summed E-state index contributed by atoms with van der Waals surface area (Å²) in [5.74, 6) is -0.400. The van der Waals surface area contributed by atoms with Gasteiger partial charge in [0.1, 0.15) is 0 Å². The van der Waals surface area contributed by atoms with Crippen molar-refractivity contribution in [2.45, 2.75) is 96.9 Å². The van der Waals surface area contributed by atoms with Crippen LogP contribution in [0.4, 0.5) is 10.1 Å². The number of nitrogens with one attached hydrogen (secondary N) is 1. The molecule has 1 heterocycles. The predicted octanol–water partition coefficient (Wildman–Crippen LogP) is 8.48. The third kappa shape index (κ3) is 11.3. The van der Waals surface area contributed by atoms with Crippen molar-refractivity contribution < 1.29 is 18.5 Å². The number of amides is 1. The molecule has 6 heteroatoms. The molecule has 0 spiro atoms. The van der Waals surface area contributed by atoms with Crippen LogP contribution in [-0.4, -0.2) is 12.5 Å². The number of nitrogens with zero attached hydrogens (tertiary/aromatic N) is 1. The molecule has 3 rings (SSSR count). The van der Waals surface area contributed by atoms with Crippen molar-refractivity contribution in [3.8, 4) is 5.75 Å². The van der Waals surface area contributed by atoms with E-state index in [-0.39, 0.29) is 18.1 Å². The molecule has 38 heavy (non-hydrogen) atoms. The van der Waals surface area contributed by atoms with E-state index >= 15 is 0 Å². The number of carbonyl (C=O) groups is 1. The third-order valence-corrected chi connectivity index (χ3v) is 7.42. The first-order valence-corrected chi connectivity index (χ1v) is 15.3. The van der Waals surface area contributed by atoms with E-state index in [1.807, 2.05) is 41.4 Å². The van der Waals surface area contributed by atoms with Gasteiger partial charge in [0.15, 0.2) is 24.3 Å². The molecule has 0 unspecified atom stereocenters. The molecule has 0 aliphatic rings. The zero-order valence-electron chi connectivity index (χ0n) is 22.9. The van der Waals surface area contributed by atoms with Crippen molar-refractivity contribution in [2.24, 2.45) is 0 Å². The summed E-state index contributed by atoms with van der Waals surface area (Å²) >= 11 is 1.64. The number of hydrogen-bond donors (Lipinski definition) is 1. The third-order valence-electron chi connectivity index (χ3n) is 6.75. The summed E-state index contributed by atoms with van der Waals surface area (Å²) in [4.78, 5) is 12.8. The number of benzene rings is 2. The minimum atomic E-state index is -0.413. The SMILES string of the molecule is CCCCCCCCCCCCCCOc1c(F)cccc1CC(=O)Nc1cccc(C[n+]2ccsc2)c1. The van der Waals surface area contributed by atoms with Crippen molar-refractivity contribution in [1.29, 1.82) is 0 Å². The van der Waals surface area contributed by atoms with Crippen molar-refractivity contribution in [2.75, 3.05) is 11.9 Å². The van der Waals surface area contributed by atoms with E-state index in [0.717, 1.165) is 30.6 Å². The Bertz CT molecular complexity index is 1070. The van der Waals surface area contributed by atoms with Crippen LogP contribution in [0, 0.1) is 5.82 Å². The van der Waals surface area contributed by atoms with Crippen LogP contribution in [0.5, 0.6) is 5.75 Å². The minimum absolute atomic E-state index is 0.0645. The molecule has 1 amide bonds. The first kappa shape index (κ1) is 29.8. The molecule has 206 valence electrons. The van der Waals surface area contributed by atoms with Crippen molar-refractivity contribution in [3.63, 3.8) is 0 Å². The fraction of sp³-hybridized carbons (Fsp3) is 0.500. The second-order valence-electron chi connectivity index (χ2n) is 10.1. The lowest BCUT2D eigenvalue weighted by atomic mass is 10.1. The van der Waals surface area contributed by atoms with E-state index in [1.165, 1.54) is 70.3 Å². The topological polar surface area (TPSA) is 42.2 Å². The van der Waals surface area contributed by atoms with Crippen molar-refractivity contribution in [1.82, 2.24) is 0 Å². The van der Waals surface area contributed by atoms with Crippen LogP contribution < -0.4 is 14.6 Å². The normalized spacial score (nSPS) is 11.0. The molecule has 0 saturated carbocycles. The Morgan fingerprint density at radius 3 is 2.29 bits per heavy atom. The molecule has 0 saturated heterocycles. The van der Waals surface area contributed by atoms with Gasteiger partial charge >= 0.3 is 0 Å². The quantitative estimate of drug-likeness (QED) is 0.123. The van der Waals surface area contributed by atoms with Gasteiger partial charge in [0.25, 0.3) is 0 Å². The van der Waals surface area contributed by atoms with E-state index < -0.39 is 5.82 Å². The number of halogens is 1. The zero-order valence-corrected chi connectivity index (χ0v) is 23.7. The Hall–Kier alpha value is -2.73. The number of unbranched alkanes of at least 4 members (excludes halogenated alkanes) is 11. The predicted molar refractivity (Wildman–Crippen MR) is 155 cm³/mol. The van der Waals surface area contributed by atoms with Crippen LogP contribution in [0.25, 0.3) is 0 Å². The van der Waals surface area contributed by atoms with Gasteiger partial charge in [-0.3, -0.25) is 4.79 Å². The largest absolute Gasteiger partial charge is 0.490 e. The molecule has 0 fully saturated rings. The lowest BCUT2D eigenvalue weighted by molar-refractivity contribution is -0.683. The van der Waals surface area contributed by atoms with E-state index in [0.29, 0.717) is 12.2 Å². The number of aromatic nitrogens is 1. The number of para-hydroxylation sites is 1. The lowest BCUT2D eigenvalue weighted by Crippen LogP contribution is -2.30. The van der Waals surface area contributed by atoms with E-state index in [4.69, 9.17) is 4.74 Å². The molecule has 1 N–H and O–H groups in total. The van der Waals surface area contributed by atoms with Crippen LogP contribution in [0.3, 0.4) is 0 Å². The molecular formula is C32H44FN2O2S+. The van der Waals surface area contributed by atoms with E-state index in [9.17, 15) is 9.18 Å². The highest BCUT2D eigenvalue weighted by molar-refractivity contribution is 7.07. The van der Waals surface area contributed by atoms with Crippen LogP contribution in [0.15, 0.2) is 59.6 Å². The first-order valence-electron chi connectivity index (χ1n) is 14.4. The van der Waals surface area contributed by atoms with Gasteiger partial charge in [-0.25, -0.2) is 4.39 Å². The summed E-state index contributed by atoms with van der Waals surface area (Å²) in [6.45, 7) is 3.47. The lowest BCUT2D eigenvalue weighted by Gasteiger charge is -2.13. The van der Waals surface area contributed by atoms with Gasteiger partial charge in [-0.05, 0) is 24.6 Å². The summed E-state index contributed by atoms with van der Waals surface area (Å²) in [6, 6.07) is 12.6. The number of thiazole rings is 1. The fourth-order valence-electron chi connectivity index (χ4n) is 4.66. The molecular weight excluding hydrogens is 495 g/mol. The number of hydrogen-bond acceptors (Lipinski definition) is 3. The maximum atomic E-state index is 14.5. The Morgan fingerprint density at radius 1 is 0.921 bits per heavy atom. The smallest absolute Gasteiger partial charge is 0.228 e. The van der Waals surface area contributed by atoms with Crippen LogP contribution in [0.2, 0.25) is 0 Å². The number of carbonyl (C=O) groups excluding carboxylic acids is 1. The van der Waals surface area contributed by atoms with Gasteiger partial charge in [0, 0.05) is 16.8 Å². The second-order valence-corrected chi connectivity index (χ2v) is 10.8.